The highest BCUT2D eigenvalue weighted by molar-refractivity contribution is 5.28. The number of nitrogens with zero attached hydrogens (tertiary/aromatic N) is 2. The average Bonchev–Trinajstić information content (AvgIpc) is 2.52. The van der Waals surface area contributed by atoms with Crippen molar-refractivity contribution in [2.24, 2.45) is 5.73 Å². The van der Waals surface area contributed by atoms with Gasteiger partial charge in [0.25, 0.3) is 0 Å². The van der Waals surface area contributed by atoms with E-state index < -0.39 is 0 Å². The highest BCUT2D eigenvalue weighted by atomic mass is 15.2. The van der Waals surface area contributed by atoms with Crippen LogP contribution in [0.1, 0.15) is 30.5 Å². The van der Waals surface area contributed by atoms with Crippen molar-refractivity contribution in [3.05, 3.63) is 35.4 Å². The molecule has 0 bridgehead atoms. The average molecular weight is 261 g/mol. The van der Waals surface area contributed by atoms with Crippen LogP contribution in [0.15, 0.2) is 24.3 Å². The molecule has 2 rings (SSSR count). The topological polar surface area (TPSA) is 32.5 Å². The number of hydrogen-bond acceptors (Lipinski definition) is 3. The van der Waals surface area contributed by atoms with Crippen LogP contribution in [0.2, 0.25) is 0 Å². The molecule has 1 aromatic carbocycles. The number of aryl methyl sites for hydroxylation is 1. The lowest BCUT2D eigenvalue weighted by atomic mass is 10.0. The maximum atomic E-state index is 6.42. The van der Waals surface area contributed by atoms with Crippen molar-refractivity contribution in [1.82, 2.24) is 9.80 Å². The predicted octanol–water partition coefficient (Wildman–Crippen LogP) is 2.02. The van der Waals surface area contributed by atoms with E-state index in [9.17, 15) is 0 Å². The van der Waals surface area contributed by atoms with E-state index in [4.69, 9.17) is 5.73 Å². The Hall–Kier alpha value is -0.900. The van der Waals surface area contributed by atoms with Crippen molar-refractivity contribution in [3.63, 3.8) is 0 Å². The van der Waals surface area contributed by atoms with Crippen LogP contribution in [-0.4, -0.2) is 49.1 Å². The third-order valence-electron chi connectivity index (χ3n) is 4.20. The number of nitrogens with two attached hydrogens (primary N) is 1. The fourth-order valence-corrected chi connectivity index (χ4v) is 3.05. The lowest BCUT2D eigenvalue weighted by Gasteiger charge is -2.30. The SMILES string of the molecule is Cc1ccccc1C(N)CN1CCCN(C)CC1C. The number of likely N-dealkylation sites (N-methyl/N-ethyl adjacent to an activating group) is 1. The zero-order valence-electron chi connectivity index (χ0n) is 12.5. The molecule has 106 valence electrons. The van der Waals surface area contributed by atoms with E-state index >= 15 is 0 Å². The Morgan fingerprint density at radius 1 is 1.32 bits per heavy atom. The first-order valence-corrected chi connectivity index (χ1v) is 7.31. The fraction of sp³-hybridized carbons (Fsp3) is 0.625. The Bertz CT molecular complexity index is 405. The smallest absolute Gasteiger partial charge is 0.0427 e. The van der Waals surface area contributed by atoms with Crippen LogP contribution in [-0.2, 0) is 0 Å². The molecule has 1 aliphatic rings. The van der Waals surface area contributed by atoms with Gasteiger partial charge in [-0.15, -0.1) is 0 Å². The minimum absolute atomic E-state index is 0.118. The van der Waals surface area contributed by atoms with Gasteiger partial charge >= 0.3 is 0 Å². The third kappa shape index (κ3) is 3.78. The van der Waals surface area contributed by atoms with Gasteiger partial charge in [0.05, 0.1) is 0 Å². The Morgan fingerprint density at radius 3 is 2.79 bits per heavy atom. The molecule has 1 aromatic rings. The van der Waals surface area contributed by atoms with Gasteiger partial charge in [-0.25, -0.2) is 0 Å². The van der Waals surface area contributed by atoms with Gasteiger partial charge in [0, 0.05) is 25.2 Å². The Morgan fingerprint density at radius 2 is 2.05 bits per heavy atom. The van der Waals surface area contributed by atoms with Crippen LogP contribution in [0.4, 0.5) is 0 Å². The lowest BCUT2D eigenvalue weighted by molar-refractivity contribution is 0.191. The summed E-state index contributed by atoms with van der Waals surface area (Å²) < 4.78 is 0. The Kier molecular flexibility index (Phi) is 4.97. The molecule has 2 atom stereocenters. The second kappa shape index (κ2) is 6.51. The summed E-state index contributed by atoms with van der Waals surface area (Å²) in [6.07, 6.45) is 1.24. The van der Waals surface area contributed by atoms with Crippen LogP contribution >= 0.6 is 0 Å². The summed E-state index contributed by atoms with van der Waals surface area (Å²) in [5.74, 6) is 0. The van der Waals surface area contributed by atoms with E-state index in [-0.39, 0.29) is 6.04 Å². The number of hydrogen-bond donors (Lipinski definition) is 1. The molecule has 1 fully saturated rings. The van der Waals surface area contributed by atoms with Crippen LogP contribution in [0.25, 0.3) is 0 Å². The maximum absolute atomic E-state index is 6.42. The molecular weight excluding hydrogens is 234 g/mol. The molecule has 0 amide bonds. The van der Waals surface area contributed by atoms with E-state index in [2.05, 4.69) is 55.0 Å². The molecule has 3 heteroatoms. The second-order valence-corrected chi connectivity index (χ2v) is 5.92. The van der Waals surface area contributed by atoms with Gasteiger partial charge in [0.2, 0.25) is 0 Å². The molecule has 2 unspecified atom stereocenters. The normalized spacial score (nSPS) is 24.1. The molecule has 19 heavy (non-hydrogen) atoms. The van der Waals surface area contributed by atoms with E-state index in [1.54, 1.807) is 0 Å². The summed E-state index contributed by atoms with van der Waals surface area (Å²) in [6, 6.07) is 9.18. The number of rotatable bonds is 3. The molecule has 0 aliphatic carbocycles. The summed E-state index contributed by atoms with van der Waals surface area (Å²) >= 11 is 0. The van der Waals surface area contributed by atoms with Crippen LogP contribution in [0.3, 0.4) is 0 Å². The standard InChI is InChI=1S/C16H27N3/c1-13-7-4-5-8-15(13)16(17)12-19-10-6-9-18(3)11-14(19)2/h4-5,7-8,14,16H,6,9-12,17H2,1-3H3. The summed E-state index contributed by atoms with van der Waals surface area (Å²) in [5, 5.41) is 0. The van der Waals surface area contributed by atoms with Gasteiger partial charge in [0.1, 0.15) is 0 Å². The molecular formula is C16H27N3. The van der Waals surface area contributed by atoms with Crippen molar-refractivity contribution in [2.75, 3.05) is 33.2 Å². The highest BCUT2D eigenvalue weighted by Gasteiger charge is 2.22. The van der Waals surface area contributed by atoms with Gasteiger partial charge in [-0.2, -0.15) is 0 Å². The van der Waals surface area contributed by atoms with Crippen molar-refractivity contribution in [3.8, 4) is 0 Å². The van der Waals surface area contributed by atoms with Gasteiger partial charge < -0.3 is 10.6 Å². The van der Waals surface area contributed by atoms with Crippen molar-refractivity contribution < 1.29 is 0 Å². The largest absolute Gasteiger partial charge is 0.323 e. The zero-order valence-corrected chi connectivity index (χ0v) is 12.5. The first-order chi connectivity index (χ1) is 9.08. The molecule has 1 heterocycles. The summed E-state index contributed by atoms with van der Waals surface area (Å²) in [5.41, 5.74) is 9.00. The van der Waals surface area contributed by atoms with Crippen LogP contribution < -0.4 is 5.73 Å². The van der Waals surface area contributed by atoms with Crippen molar-refractivity contribution in [1.29, 1.82) is 0 Å². The Balaban J connectivity index is 2.02. The molecule has 1 aliphatic heterocycles. The lowest BCUT2D eigenvalue weighted by Crippen LogP contribution is -2.41. The van der Waals surface area contributed by atoms with Crippen molar-refractivity contribution in [2.45, 2.75) is 32.4 Å². The minimum Gasteiger partial charge on any atom is -0.323 e. The summed E-state index contributed by atoms with van der Waals surface area (Å²) in [6.45, 7) is 8.91. The third-order valence-corrected chi connectivity index (χ3v) is 4.20. The first kappa shape index (κ1) is 14.5. The van der Waals surface area contributed by atoms with E-state index in [0.717, 1.165) is 19.6 Å². The quantitative estimate of drug-likeness (QED) is 0.903. The molecule has 0 aromatic heterocycles. The van der Waals surface area contributed by atoms with Crippen LogP contribution in [0.5, 0.6) is 0 Å². The van der Waals surface area contributed by atoms with Gasteiger partial charge in [0.15, 0.2) is 0 Å². The van der Waals surface area contributed by atoms with Crippen LogP contribution in [0, 0.1) is 6.92 Å². The Labute approximate surface area is 117 Å². The van der Waals surface area contributed by atoms with Gasteiger partial charge in [-0.3, -0.25) is 4.90 Å². The first-order valence-electron chi connectivity index (χ1n) is 7.31. The summed E-state index contributed by atoms with van der Waals surface area (Å²) in [4.78, 5) is 4.96. The minimum atomic E-state index is 0.118. The van der Waals surface area contributed by atoms with Gasteiger partial charge in [-0.1, -0.05) is 24.3 Å². The second-order valence-electron chi connectivity index (χ2n) is 5.92. The molecule has 1 saturated heterocycles. The molecule has 0 saturated carbocycles. The summed E-state index contributed by atoms with van der Waals surface area (Å²) in [7, 11) is 2.21. The monoisotopic (exact) mass is 261 g/mol. The van der Waals surface area contributed by atoms with Gasteiger partial charge in [-0.05, 0) is 51.5 Å². The predicted molar refractivity (Wildman–Crippen MR) is 81.3 cm³/mol. The van der Waals surface area contributed by atoms with E-state index in [0.29, 0.717) is 6.04 Å². The maximum Gasteiger partial charge on any atom is 0.0427 e. The highest BCUT2D eigenvalue weighted by Crippen LogP contribution is 2.18. The molecule has 3 nitrogen and oxygen atoms in total. The van der Waals surface area contributed by atoms with Crippen molar-refractivity contribution >= 4 is 0 Å². The zero-order chi connectivity index (χ0) is 13.8. The molecule has 2 N–H and O–H groups in total. The molecule has 0 spiro atoms. The fourth-order valence-electron chi connectivity index (χ4n) is 3.05. The molecule has 0 radical (unpaired) electrons. The van der Waals surface area contributed by atoms with E-state index in [1.165, 1.54) is 24.1 Å². The van der Waals surface area contributed by atoms with E-state index in [1.807, 2.05) is 0 Å². The number of benzene rings is 1.